The van der Waals surface area contributed by atoms with Crippen LogP contribution in [0.2, 0.25) is 0 Å². The number of ether oxygens (including phenoxy) is 2. The number of rotatable bonds is 7. The van der Waals surface area contributed by atoms with E-state index in [1.165, 1.54) is 12.1 Å². The normalized spacial score (nSPS) is 10.4. The van der Waals surface area contributed by atoms with Crippen LogP contribution in [-0.2, 0) is 13.1 Å². The number of nitrogens with one attached hydrogen (secondary N) is 1. The average Bonchev–Trinajstić information content (AvgIpc) is 2.48. The van der Waals surface area contributed by atoms with E-state index >= 15 is 0 Å². The molecule has 0 aliphatic rings. The molecule has 2 rings (SSSR count). The lowest BCUT2D eigenvalue weighted by Crippen LogP contribution is -2.13. The summed E-state index contributed by atoms with van der Waals surface area (Å²) in [6.07, 6.45) is 0. The topological polar surface area (TPSA) is 30.5 Å². The second kappa shape index (κ2) is 7.64. The first kappa shape index (κ1) is 15.3. The van der Waals surface area contributed by atoms with Crippen molar-refractivity contribution in [3.05, 3.63) is 59.4 Å². The molecule has 0 spiro atoms. The number of methoxy groups -OCH3 is 1. The largest absolute Gasteiger partial charge is 0.493 e. The first-order chi connectivity index (χ1) is 10.2. The molecule has 112 valence electrons. The summed E-state index contributed by atoms with van der Waals surface area (Å²) in [4.78, 5) is 0. The molecular weight excluding hydrogens is 269 g/mol. The van der Waals surface area contributed by atoms with E-state index in [2.05, 4.69) is 5.32 Å². The van der Waals surface area contributed by atoms with Crippen molar-refractivity contribution in [3.8, 4) is 11.5 Å². The first-order valence-corrected chi connectivity index (χ1v) is 6.98. The standard InChI is InChI=1S/C17H20FNO2/c1-3-21-16-9-5-7-14(17(16)20-2)12-19-11-13-6-4-8-15(18)10-13/h4-10,19H,3,11-12H2,1-2H3. The van der Waals surface area contributed by atoms with Crippen molar-refractivity contribution in [3.63, 3.8) is 0 Å². The fourth-order valence-corrected chi connectivity index (χ4v) is 2.19. The van der Waals surface area contributed by atoms with Crippen molar-refractivity contribution < 1.29 is 13.9 Å². The van der Waals surface area contributed by atoms with Gasteiger partial charge < -0.3 is 14.8 Å². The summed E-state index contributed by atoms with van der Waals surface area (Å²) in [6, 6.07) is 12.4. The van der Waals surface area contributed by atoms with Gasteiger partial charge in [-0.3, -0.25) is 0 Å². The highest BCUT2D eigenvalue weighted by molar-refractivity contribution is 5.46. The Labute approximate surface area is 124 Å². The van der Waals surface area contributed by atoms with Gasteiger partial charge in [0.1, 0.15) is 5.82 Å². The monoisotopic (exact) mass is 289 g/mol. The van der Waals surface area contributed by atoms with E-state index in [-0.39, 0.29) is 5.82 Å². The Morgan fingerprint density at radius 1 is 1.10 bits per heavy atom. The van der Waals surface area contributed by atoms with E-state index in [1.54, 1.807) is 13.2 Å². The Morgan fingerprint density at radius 3 is 2.62 bits per heavy atom. The summed E-state index contributed by atoms with van der Waals surface area (Å²) >= 11 is 0. The highest BCUT2D eigenvalue weighted by atomic mass is 19.1. The minimum absolute atomic E-state index is 0.217. The van der Waals surface area contributed by atoms with E-state index in [9.17, 15) is 4.39 Å². The average molecular weight is 289 g/mol. The van der Waals surface area contributed by atoms with Crippen molar-refractivity contribution in [1.82, 2.24) is 5.32 Å². The minimum Gasteiger partial charge on any atom is -0.493 e. The summed E-state index contributed by atoms with van der Waals surface area (Å²) in [5.41, 5.74) is 1.93. The Morgan fingerprint density at radius 2 is 1.90 bits per heavy atom. The molecule has 0 amide bonds. The smallest absolute Gasteiger partial charge is 0.165 e. The molecule has 0 unspecified atom stereocenters. The molecule has 0 saturated carbocycles. The van der Waals surface area contributed by atoms with Crippen LogP contribution in [0.15, 0.2) is 42.5 Å². The van der Waals surface area contributed by atoms with E-state index in [0.717, 1.165) is 22.6 Å². The van der Waals surface area contributed by atoms with Gasteiger partial charge in [0.15, 0.2) is 11.5 Å². The molecule has 0 saturated heterocycles. The highest BCUT2D eigenvalue weighted by Gasteiger charge is 2.09. The molecule has 21 heavy (non-hydrogen) atoms. The van der Waals surface area contributed by atoms with Crippen molar-refractivity contribution in [1.29, 1.82) is 0 Å². The number of para-hydroxylation sites is 1. The van der Waals surface area contributed by atoms with Gasteiger partial charge >= 0.3 is 0 Å². The second-order valence-electron chi connectivity index (χ2n) is 4.62. The minimum atomic E-state index is -0.217. The molecule has 0 fully saturated rings. The molecule has 1 N–H and O–H groups in total. The lowest BCUT2D eigenvalue weighted by atomic mass is 10.1. The first-order valence-electron chi connectivity index (χ1n) is 6.98. The summed E-state index contributed by atoms with van der Waals surface area (Å²) in [5.74, 6) is 1.27. The maximum atomic E-state index is 13.1. The zero-order valence-corrected chi connectivity index (χ0v) is 12.4. The number of halogens is 1. The van der Waals surface area contributed by atoms with Gasteiger partial charge in [-0.05, 0) is 30.7 Å². The van der Waals surface area contributed by atoms with Gasteiger partial charge in [0.05, 0.1) is 13.7 Å². The van der Waals surface area contributed by atoms with E-state index in [4.69, 9.17) is 9.47 Å². The molecule has 0 heterocycles. The lowest BCUT2D eigenvalue weighted by Gasteiger charge is -2.14. The highest BCUT2D eigenvalue weighted by Crippen LogP contribution is 2.30. The van der Waals surface area contributed by atoms with Gasteiger partial charge in [0.2, 0.25) is 0 Å². The van der Waals surface area contributed by atoms with Crippen LogP contribution in [0.25, 0.3) is 0 Å². The molecule has 0 atom stereocenters. The number of hydrogen-bond acceptors (Lipinski definition) is 3. The molecule has 2 aromatic carbocycles. The van der Waals surface area contributed by atoms with Crippen LogP contribution in [0.4, 0.5) is 4.39 Å². The molecule has 0 aliphatic heterocycles. The van der Waals surface area contributed by atoms with Crippen molar-refractivity contribution in [2.75, 3.05) is 13.7 Å². The van der Waals surface area contributed by atoms with Crippen LogP contribution in [0.5, 0.6) is 11.5 Å². The van der Waals surface area contributed by atoms with Crippen LogP contribution in [-0.4, -0.2) is 13.7 Å². The van der Waals surface area contributed by atoms with E-state index in [0.29, 0.717) is 19.7 Å². The summed E-state index contributed by atoms with van der Waals surface area (Å²) in [6.45, 7) is 3.76. The van der Waals surface area contributed by atoms with Gasteiger partial charge in [-0.15, -0.1) is 0 Å². The molecular formula is C17H20FNO2. The third-order valence-corrected chi connectivity index (χ3v) is 3.10. The third kappa shape index (κ3) is 4.20. The number of hydrogen-bond donors (Lipinski definition) is 1. The number of benzene rings is 2. The van der Waals surface area contributed by atoms with Gasteiger partial charge in [-0.2, -0.15) is 0 Å². The lowest BCUT2D eigenvalue weighted by molar-refractivity contribution is 0.308. The Kier molecular flexibility index (Phi) is 5.58. The van der Waals surface area contributed by atoms with Crippen LogP contribution < -0.4 is 14.8 Å². The van der Waals surface area contributed by atoms with Crippen molar-refractivity contribution in [2.45, 2.75) is 20.0 Å². The Hall–Kier alpha value is -2.07. The zero-order valence-electron chi connectivity index (χ0n) is 12.4. The third-order valence-electron chi connectivity index (χ3n) is 3.10. The maximum absolute atomic E-state index is 13.1. The van der Waals surface area contributed by atoms with E-state index in [1.807, 2.05) is 31.2 Å². The van der Waals surface area contributed by atoms with E-state index < -0.39 is 0 Å². The van der Waals surface area contributed by atoms with Crippen molar-refractivity contribution in [2.24, 2.45) is 0 Å². The maximum Gasteiger partial charge on any atom is 0.165 e. The van der Waals surface area contributed by atoms with Crippen LogP contribution in [0.1, 0.15) is 18.1 Å². The predicted molar refractivity (Wildman–Crippen MR) is 81.1 cm³/mol. The molecule has 2 aromatic rings. The van der Waals surface area contributed by atoms with Gasteiger partial charge in [-0.25, -0.2) is 4.39 Å². The Bertz CT molecular complexity index is 587. The second-order valence-corrected chi connectivity index (χ2v) is 4.62. The van der Waals surface area contributed by atoms with Crippen LogP contribution in [0, 0.1) is 5.82 Å². The fourth-order valence-electron chi connectivity index (χ4n) is 2.19. The summed E-state index contributed by atoms with van der Waals surface area (Å²) in [5, 5.41) is 3.29. The molecule has 3 nitrogen and oxygen atoms in total. The molecule has 0 aliphatic carbocycles. The molecule has 0 bridgehead atoms. The Balaban J connectivity index is 2.01. The predicted octanol–water partition coefficient (Wildman–Crippen LogP) is 3.52. The zero-order chi connectivity index (χ0) is 15.1. The van der Waals surface area contributed by atoms with Crippen LogP contribution >= 0.6 is 0 Å². The van der Waals surface area contributed by atoms with Crippen LogP contribution in [0.3, 0.4) is 0 Å². The fraction of sp³-hybridized carbons (Fsp3) is 0.294. The molecule has 0 aromatic heterocycles. The van der Waals surface area contributed by atoms with Gasteiger partial charge in [0, 0.05) is 18.7 Å². The van der Waals surface area contributed by atoms with Crippen molar-refractivity contribution >= 4 is 0 Å². The molecule has 0 radical (unpaired) electrons. The summed E-state index contributed by atoms with van der Waals surface area (Å²) in [7, 11) is 1.63. The summed E-state index contributed by atoms with van der Waals surface area (Å²) < 4.78 is 24.1. The SMILES string of the molecule is CCOc1cccc(CNCc2cccc(F)c2)c1OC. The quantitative estimate of drug-likeness (QED) is 0.846. The van der Waals surface area contributed by atoms with Gasteiger partial charge in [0.25, 0.3) is 0 Å². The van der Waals surface area contributed by atoms with Gasteiger partial charge in [-0.1, -0.05) is 24.3 Å². The molecule has 4 heteroatoms.